The normalized spacial score (nSPS) is 11.9. The van der Waals surface area contributed by atoms with Crippen LogP contribution in [-0.4, -0.2) is 40.2 Å². The van der Waals surface area contributed by atoms with Gasteiger partial charge in [-0.25, -0.2) is 13.1 Å². The molecular formula is C10H17N7O2S. The summed E-state index contributed by atoms with van der Waals surface area (Å²) in [6.45, 7) is 3.43. The fraction of sp³-hybridized carbons (Fsp3) is 0.500. The first-order valence-corrected chi connectivity index (χ1v) is 7.59. The molecular weight excluding hydrogens is 282 g/mol. The zero-order valence-electron chi connectivity index (χ0n) is 11.3. The van der Waals surface area contributed by atoms with Gasteiger partial charge in [0.1, 0.15) is 0 Å². The molecule has 9 nitrogen and oxygen atoms in total. The van der Waals surface area contributed by atoms with Crippen LogP contribution in [0.1, 0.15) is 18.4 Å². The second-order valence-electron chi connectivity index (χ2n) is 4.21. The van der Waals surface area contributed by atoms with E-state index >= 15 is 0 Å². The Morgan fingerprint density at radius 2 is 2.20 bits per heavy atom. The molecule has 0 saturated carbocycles. The van der Waals surface area contributed by atoms with Gasteiger partial charge in [0.15, 0.2) is 5.82 Å². The smallest absolute Gasteiger partial charge is 0.242 e. The number of aromatic amines is 1. The number of hydrogen-bond donors (Lipinski definition) is 3. The average molecular weight is 299 g/mol. The molecule has 0 aliphatic rings. The number of hydrogen-bond acceptors (Lipinski definition) is 6. The second kappa shape index (κ2) is 6.11. The Kier molecular flexibility index (Phi) is 4.47. The van der Waals surface area contributed by atoms with E-state index in [4.69, 9.17) is 0 Å². The molecule has 0 bridgehead atoms. The molecule has 0 aliphatic heterocycles. The molecule has 0 unspecified atom stereocenters. The summed E-state index contributed by atoms with van der Waals surface area (Å²) in [4.78, 5) is 0.219. The molecule has 10 heteroatoms. The maximum Gasteiger partial charge on any atom is 0.242 e. The Morgan fingerprint density at radius 3 is 2.85 bits per heavy atom. The van der Waals surface area contributed by atoms with Gasteiger partial charge < -0.3 is 9.88 Å². The maximum absolute atomic E-state index is 12.1. The van der Waals surface area contributed by atoms with Crippen LogP contribution in [0.5, 0.6) is 0 Å². The molecule has 0 spiro atoms. The maximum atomic E-state index is 12.1. The van der Waals surface area contributed by atoms with Crippen molar-refractivity contribution in [2.75, 3.05) is 6.54 Å². The van der Waals surface area contributed by atoms with E-state index in [1.54, 1.807) is 16.8 Å². The Labute approximate surface area is 116 Å². The molecule has 0 fully saturated rings. The molecule has 0 radical (unpaired) electrons. The highest BCUT2D eigenvalue weighted by molar-refractivity contribution is 7.89. The number of nitrogens with one attached hydrogen (secondary N) is 3. The molecule has 0 saturated heterocycles. The summed E-state index contributed by atoms with van der Waals surface area (Å²) < 4.78 is 28.5. The SMILES string of the molecule is CCNCc1cc(S(=O)(=O)NCc2nn[nH]n2)cn1C. The molecule has 0 amide bonds. The summed E-state index contributed by atoms with van der Waals surface area (Å²) >= 11 is 0. The molecule has 3 N–H and O–H groups in total. The molecule has 2 heterocycles. The van der Waals surface area contributed by atoms with Gasteiger partial charge in [0.25, 0.3) is 0 Å². The lowest BCUT2D eigenvalue weighted by atomic mass is 10.4. The van der Waals surface area contributed by atoms with E-state index in [1.165, 1.54) is 0 Å². The summed E-state index contributed by atoms with van der Waals surface area (Å²) in [5, 5.41) is 16.2. The van der Waals surface area contributed by atoms with Crippen molar-refractivity contribution in [3.63, 3.8) is 0 Å². The number of aromatic nitrogens is 5. The van der Waals surface area contributed by atoms with Crippen LogP contribution in [0.3, 0.4) is 0 Å². The molecule has 2 aromatic heterocycles. The lowest BCUT2D eigenvalue weighted by Gasteiger charge is -2.02. The third kappa shape index (κ3) is 3.40. The first-order valence-electron chi connectivity index (χ1n) is 6.11. The van der Waals surface area contributed by atoms with E-state index in [-0.39, 0.29) is 17.3 Å². The highest BCUT2D eigenvalue weighted by Gasteiger charge is 2.18. The number of nitrogens with zero attached hydrogens (tertiary/aromatic N) is 4. The standard InChI is InChI=1S/C10H17N7O2S/c1-3-11-5-8-4-9(7-17(8)2)20(18,19)12-6-10-13-15-16-14-10/h4,7,11-12H,3,5-6H2,1-2H3,(H,13,14,15,16). The number of aryl methyl sites for hydroxylation is 1. The molecule has 0 aromatic carbocycles. The summed E-state index contributed by atoms with van der Waals surface area (Å²) in [7, 11) is -1.77. The summed E-state index contributed by atoms with van der Waals surface area (Å²) in [5.41, 5.74) is 0.895. The highest BCUT2D eigenvalue weighted by Crippen LogP contribution is 2.13. The van der Waals surface area contributed by atoms with Crippen LogP contribution < -0.4 is 10.0 Å². The van der Waals surface area contributed by atoms with Crippen molar-refractivity contribution >= 4 is 10.0 Å². The van der Waals surface area contributed by atoms with Crippen LogP contribution in [0.25, 0.3) is 0 Å². The third-order valence-corrected chi connectivity index (χ3v) is 4.13. The first kappa shape index (κ1) is 14.6. The van der Waals surface area contributed by atoms with Gasteiger partial charge in [0.05, 0.1) is 11.4 Å². The van der Waals surface area contributed by atoms with Gasteiger partial charge in [-0.3, -0.25) is 0 Å². The van der Waals surface area contributed by atoms with E-state index in [2.05, 4.69) is 30.7 Å². The number of tetrazole rings is 1. The minimum atomic E-state index is -3.58. The number of H-pyrrole nitrogens is 1. The highest BCUT2D eigenvalue weighted by atomic mass is 32.2. The zero-order chi connectivity index (χ0) is 14.6. The summed E-state index contributed by atoms with van der Waals surface area (Å²) in [6.07, 6.45) is 1.57. The number of sulfonamides is 1. The van der Waals surface area contributed by atoms with Crippen molar-refractivity contribution in [3.05, 3.63) is 23.8 Å². The van der Waals surface area contributed by atoms with Crippen molar-refractivity contribution in [1.29, 1.82) is 0 Å². The van der Waals surface area contributed by atoms with Gasteiger partial charge in [0, 0.05) is 25.5 Å². The van der Waals surface area contributed by atoms with Crippen LogP contribution in [0, 0.1) is 0 Å². The van der Waals surface area contributed by atoms with Gasteiger partial charge in [-0.05, 0) is 12.6 Å². The monoisotopic (exact) mass is 299 g/mol. The van der Waals surface area contributed by atoms with Gasteiger partial charge in [0.2, 0.25) is 10.0 Å². The topological polar surface area (TPSA) is 118 Å². The van der Waals surface area contributed by atoms with Crippen LogP contribution in [0.15, 0.2) is 17.2 Å². The Bertz CT molecular complexity index is 647. The van der Waals surface area contributed by atoms with Crippen LogP contribution in [0.2, 0.25) is 0 Å². The van der Waals surface area contributed by atoms with E-state index in [1.807, 2.05) is 14.0 Å². The van der Waals surface area contributed by atoms with Crippen LogP contribution in [0.4, 0.5) is 0 Å². The van der Waals surface area contributed by atoms with E-state index in [0.29, 0.717) is 6.54 Å². The molecule has 2 rings (SSSR count). The Balaban J connectivity index is 2.09. The van der Waals surface area contributed by atoms with Crippen LogP contribution in [-0.2, 0) is 30.2 Å². The fourth-order valence-electron chi connectivity index (χ4n) is 1.65. The minimum absolute atomic E-state index is 0.00370. The molecule has 110 valence electrons. The van der Waals surface area contributed by atoms with Gasteiger partial charge in [-0.15, -0.1) is 10.2 Å². The lowest BCUT2D eigenvalue weighted by molar-refractivity contribution is 0.579. The van der Waals surface area contributed by atoms with Crippen molar-refractivity contribution in [1.82, 2.24) is 35.2 Å². The minimum Gasteiger partial charge on any atom is -0.352 e. The van der Waals surface area contributed by atoms with Gasteiger partial charge >= 0.3 is 0 Å². The van der Waals surface area contributed by atoms with Crippen molar-refractivity contribution < 1.29 is 8.42 Å². The quantitative estimate of drug-likeness (QED) is 0.611. The number of rotatable bonds is 7. The third-order valence-electron chi connectivity index (χ3n) is 2.76. The molecule has 2 aromatic rings. The van der Waals surface area contributed by atoms with E-state index < -0.39 is 10.0 Å². The fourth-order valence-corrected chi connectivity index (χ4v) is 2.73. The summed E-state index contributed by atoms with van der Waals surface area (Å²) in [6, 6.07) is 1.64. The average Bonchev–Trinajstić information content (AvgIpc) is 3.04. The largest absolute Gasteiger partial charge is 0.352 e. The molecule has 0 atom stereocenters. The van der Waals surface area contributed by atoms with Gasteiger partial charge in [-0.1, -0.05) is 12.1 Å². The predicted molar refractivity (Wildman–Crippen MR) is 71.0 cm³/mol. The molecule has 0 aliphatic carbocycles. The molecule has 20 heavy (non-hydrogen) atoms. The first-order chi connectivity index (χ1) is 9.53. The summed E-state index contributed by atoms with van der Waals surface area (Å²) in [5.74, 6) is 0.289. The lowest BCUT2D eigenvalue weighted by Crippen LogP contribution is -2.23. The zero-order valence-corrected chi connectivity index (χ0v) is 12.1. The van der Waals surface area contributed by atoms with Crippen molar-refractivity contribution in [2.24, 2.45) is 7.05 Å². The van der Waals surface area contributed by atoms with Gasteiger partial charge in [-0.2, -0.15) is 5.21 Å². The Morgan fingerprint density at radius 1 is 1.40 bits per heavy atom. The van der Waals surface area contributed by atoms with E-state index in [9.17, 15) is 8.42 Å². The van der Waals surface area contributed by atoms with Crippen molar-refractivity contribution in [2.45, 2.75) is 24.9 Å². The predicted octanol–water partition coefficient (Wildman–Crippen LogP) is -0.874. The Hall–Kier alpha value is -1.78. The second-order valence-corrected chi connectivity index (χ2v) is 5.98. The van der Waals surface area contributed by atoms with Crippen LogP contribution >= 0.6 is 0 Å². The van der Waals surface area contributed by atoms with Crippen molar-refractivity contribution in [3.8, 4) is 0 Å². The van der Waals surface area contributed by atoms with E-state index in [0.717, 1.165) is 12.2 Å².